The highest BCUT2D eigenvalue weighted by molar-refractivity contribution is 7.80. The average molecular weight is 454 g/mol. The van der Waals surface area contributed by atoms with E-state index >= 15 is 0 Å². The van der Waals surface area contributed by atoms with Gasteiger partial charge in [0.25, 0.3) is 5.17 Å². The van der Waals surface area contributed by atoms with Crippen molar-refractivity contribution in [2.45, 2.75) is 19.1 Å². The Morgan fingerprint density at radius 1 is 1.42 bits per heavy atom. The molecule has 1 aromatic heterocycles. The van der Waals surface area contributed by atoms with Crippen molar-refractivity contribution in [1.82, 2.24) is 20.3 Å². The second kappa shape index (κ2) is 10.0. The van der Waals surface area contributed by atoms with Crippen LogP contribution in [0, 0.1) is 11.6 Å². The Morgan fingerprint density at radius 3 is 2.71 bits per heavy atom. The minimum absolute atomic E-state index is 0.161. The molecule has 1 unspecified atom stereocenters. The van der Waals surface area contributed by atoms with E-state index in [-0.39, 0.29) is 42.5 Å². The molecule has 1 aromatic carbocycles. The maximum atomic E-state index is 14.8. The summed E-state index contributed by atoms with van der Waals surface area (Å²) < 4.78 is 35.7. The molecule has 0 saturated carbocycles. The van der Waals surface area contributed by atoms with E-state index in [1.54, 1.807) is 6.08 Å². The van der Waals surface area contributed by atoms with Crippen molar-refractivity contribution in [1.29, 1.82) is 0 Å². The van der Waals surface area contributed by atoms with Gasteiger partial charge in [-0.05, 0) is 23.9 Å². The molecular formula is C19H22F2N5O4S+. The van der Waals surface area contributed by atoms with Gasteiger partial charge in [0.1, 0.15) is 23.9 Å². The van der Waals surface area contributed by atoms with Gasteiger partial charge in [-0.1, -0.05) is 5.21 Å². The Labute approximate surface area is 181 Å². The van der Waals surface area contributed by atoms with Gasteiger partial charge in [0.15, 0.2) is 6.10 Å². The number of amides is 1. The number of nitrogens with one attached hydrogen (secondary N) is 2. The fourth-order valence-corrected chi connectivity index (χ4v) is 3.32. The number of nitrogens with zero attached hydrogens (tertiary/aromatic N) is 3. The molecule has 9 nitrogen and oxygen atoms in total. The zero-order valence-corrected chi connectivity index (χ0v) is 17.5. The Hall–Kier alpha value is -2.80. The predicted octanol–water partition coefficient (Wildman–Crippen LogP) is -0.882. The van der Waals surface area contributed by atoms with E-state index in [1.807, 2.05) is 0 Å². The summed E-state index contributed by atoms with van der Waals surface area (Å²) in [7, 11) is 1.43. The van der Waals surface area contributed by atoms with Crippen molar-refractivity contribution in [3.05, 3.63) is 47.3 Å². The fraction of sp³-hybridized carbons (Fsp3) is 0.368. The number of benzene rings is 1. The van der Waals surface area contributed by atoms with Gasteiger partial charge >= 0.3 is 5.91 Å². The number of aliphatic hydroxyl groups excluding tert-OH is 2. The molecular weight excluding hydrogens is 432 g/mol. The van der Waals surface area contributed by atoms with Gasteiger partial charge in [0.2, 0.25) is 0 Å². The molecule has 166 valence electrons. The standard InChI is InChI=1S/C19H21F2N5O4S/c1-30-19(31)22-8-12-9-26(24-23-12)13-6-14(20)17(15(21)7-13)11-2-4-25(5-3-11)18(29)16(28)10-27/h2,6-7,9,16,27-28H,3-5,8,10H2,1H3,(H,22,31)/p+1/t16-/m0/s1. The first-order valence-electron chi connectivity index (χ1n) is 9.43. The van der Waals surface area contributed by atoms with Crippen LogP contribution in [0.1, 0.15) is 17.7 Å². The average Bonchev–Trinajstić information content (AvgIpc) is 3.25. The van der Waals surface area contributed by atoms with Crippen LogP contribution in [0.25, 0.3) is 11.3 Å². The van der Waals surface area contributed by atoms with Gasteiger partial charge in [-0.3, -0.25) is 4.90 Å². The lowest BCUT2D eigenvalue weighted by Gasteiger charge is -2.23. The summed E-state index contributed by atoms with van der Waals surface area (Å²) >= 11 is 4.87. The number of carbonyl (C=O) groups is 1. The summed E-state index contributed by atoms with van der Waals surface area (Å²) in [6.45, 7) is -0.00630. The molecule has 2 aromatic rings. The number of quaternary nitrogens is 1. The smallest absolute Gasteiger partial charge is 0.343 e. The molecule has 4 N–H and O–H groups in total. The summed E-state index contributed by atoms with van der Waals surface area (Å²) in [5.74, 6) is -2.07. The second-order valence-electron chi connectivity index (χ2n) is 6.88. The molecule has 2 atom stereocenters. The minimum Gasteiger partial charge on any atom is -0.474 e. The lowest BCUT2D eigenvalue weighted by atomic mass is 9.97. The molecule has 0 bridgehead atoms. The Bertz CT molecular complexity index is 990. The molecule has 31 heavy (non-hydrogen) atoms. The number of methoxy groups -OCH3 is 1. The molecule has 1 aliphatic heterocycles. The number of aromatic nitrogens is 3. The highest BCUT2D eigenvalue weighted by Gasteiger charge is 2.30. The van der Waals surface area contributed by atoms with E-state index < -0.39 is 30.3 Å². The number of carbonyl (C=O) groups excluding carboxylic acids is 1. The van der Waals surface area contributed by atoms with E-state index in [9.17, 15) is 18.7 Å². The minimum atomic E-state index is -1.47. The van der Waals surface area contributed by atoms with E-state index in [2.05, 4.69) is 15.6 Å². The molecule has 0 spiro atoms. The lowest BCUT2D eigenvalue weighted by molar-refractivity contribution is -0.816. The molecule has 2 heterocycles. The van der Waals surface area contributed by atoms with Gasteiger partial charge in [-0.15, -0.1) is 5.10 Å². The Balaban J connectivity index is 1.76. The number of aliphatic hydroxyl groups is 2. The van der Waals surface area contributed by atoms with Crippen LogP contribution in [0.2, 0.25) is 0 Å². The van der Waals surface area contributed by atoms with Crippen molar-refractivity contribution in [3.63, 3.8) is 0 Å². The quantitative estimate of drug-likeness (QED) is 0.416. The topological polar surface area (TPSA) is 114 Å². The second-order valence-corrected chi connectivity index (χ2v) is 7.25. The van der Waals surface area contributed by atoms with Crippen LogP contribution in [0.4, 0.5) is 8.78 Å². The highest BCUT2D eigenvalue weighted by atomic mass is 32.1. The third kappa shape index (κ3) is 5.28. The molecule has 3 rings (SSSR count). The molecule has 0 saturated heterocycles. The van der Waals surface area contributed by atoms with Crippen molar-refractivity contribution in [2.75, 3.05) is 26.8 Å². The van der Waals surface area contributed by atoms with Gasteiger partial charge in [-0.2, -0.15) is 0 Å². The van der Waals surface area contributed by atoms with E-state index in [4.69, 9.17) is 22.1 Å². The van der Waals surface area contributed by atoms with E-state index in [0.717, 1.165) is 12.1 Å². The number of hydrogen-bond donors (Lipinski definition) is 4. The summed E-state index contributed by atoms with van der Waals surface area (Å²) in [5, 5.41) is 29.2. The Kier molecular flexibility index (Phi) is 7.38. The van der Waals surface area contributed by atoms with Gasteiger partial charge in [0.05, 0.1) is 38.7 Å². The van der Waals surface area contributed by atoms with Crippen molar-refractivity contribution in [2.24, 2.45) is 0 Å². The molecule has 0 aliphatic carbocycles. The van der Waals surface area contributed by atoms with Crippen LogP contribution in [-0.4, -0.2) is 69.2 Å². The Morgan fingerprint density at radius 2 is 2.13 bits per heavy atom. The van der Waals surface area contributed by atoms with Gasteiger partial charge in [0, 0.05) is 24.1 Å². The first kappa shape index (κ1) is 22.9. The summed E-state index contributed by atoms with van der Waals surface area (Å²) in [6.07, 6.45) is 1.86. The van der Waals surface area contributed by atoms with Crippen LogP contribution < -0.4 is 10.2 Å². The lowest BCUT2D eigenvalue weighted by Crippen LogP contribution is -3.16. The van der Waals surface area contributed by atoms with Crippen LogP contribution in [0.15, 0.2) is 24.4 Å². The molecule has 1 aliphatic rings. The largest absolute Gasteiger partial charge is 0.474 e. The first-order chi connectivity index (χ1) is 14.8. The highest BCUT2D eigenvalue weighted by Crippen LogP contribution is 2.27. The van der Waals surface area contributed by atoms with Gasteiger partial charge < -0.3 is 20.3 Å². The molecule has 0 fully saturated rings. The van der Waals surface area contributed by atoms with Crippen LogP contribution >= 0.6 is 12.2 Å². The maximum absolute atomic E-state index is 14.8. The van der Waals surface area contributed by atoms with Crippen LogP contribution in [0.3, 0.4) is 0 Å². The fourth-order valence-electron chi connectivity index (χ4n) is 3.24. The van der Waals surface area contributed by atoms with Crippen molar-refractivity contribution >= 4 is 28.9 Å². The zero-order valence-electron chi connectivity index (χ0n) is 16.6. The predicted molar refractivity (Wildman–Crippen MR) is 109 cm³/mol. The zero-order chi connectivity index (χ0) is 22.5. The third-order valence-corrected chi connectivity index (χ3v) is 5.18. The van der Waals surface area contributed by atoms with Crippen LogP contribution in [-0.2, 0) is 16.1 Å². The normalized spacial score (nSPS) is 17.1. The molecule has 0 radical (unpaired) electrons. The van der Waals surface area contributed by atoms with E-state index in [0.29, 0.717) is 16.2 Å². The van der Waals surface area contributed by atoms with Crippen molar-refractivity contribution in [3.8, 4) is 5.69 Å². The maximum Gasteiger partial charge on any atom is 0.343 e. The van der Waals surface area contributed by atoms with Crippen molar-refractivity contribution < 1.29 is 33.4 Å². The van der Waals surface area contributed by atoms with Gasteiger partial charge in [-0.25, -0.2) is 18.3 Å². The number of thiocarbonyl (C=S) groups is 1. The summed E-state index contributed by atoms with van der Waals surface area (Å²) in [4.78, 5) is 12.4. The van der Waals surface area contributed by atoms with Crippen LogP contribution in [0.5, 0.6) is 0 Å². The third-order valence-electron chi connectivity index (χ3n) is 4.87. The number of halogens is 2. The monoisotopic (exact) mass is 454 g/mol. The SMILES string of the molecule is COC(=S)NCc1cn(-c2cc(F)c(C3=CC[NH+](C(=O)[C@@H](O)CO)CC3)c(F)c2)nn1. The number of ether oxygens (including phenoxy) is 1. The number of hydrogen-bond acceptors (Lipinski definition) is 7. The molecule has 12 heteroatoms. The van der Waals surface area contributed by atoms with E-state index in [1.165, 1.54) is 18.0 Å². The first-order valence-corrected chi connectivity index (χ1v) is 9.84. The molecule has 1 amide bonds. The summed E-state index contributed by atoms with van der Waals surface area (Å²) in [6, 6.07) is 2.32. The number of rotatable bonds is 6. The summed E-state index contributed by atoms with van der Waals surface area (Å²) in [5.41, 5.74) is 0.937.